The van der Waals surface area contributed by atoms with Crippen LogP contribution < -0.4 is 10.5 Å². The number of ether oxygens (including phenoxy) is 1. The van der Waals surface area contributed by atoms with Crippen LogP contribution in [0, 0.1) is 0 Å². The summed E-state index contributed by atoms with van der Waals surface area (Å²) in [5.74, 6) is -0.0189. The molecule has 9 heteroatoms. The fourth-order valence-electron chi connectivity index (χ4n) is 2.11. The summed E-state index contributed by atoms with van der Waals surface area (Å²) in [5.41, 5.74) is 4.21. The molecular weight excluding hydrogens is 349 g/mol. The predicted octanol–water partition coefficient (Wildman–Crippen LogP) is 1.82. The van der Waals surface area contributed by atoms with Crippen molar-refractivity contribution in [2.24, 2.45) is 5.73 Å². The van der Waals surface area contributed by atoms with Crippen LogP contribution in [0.4, 0.5) is 13.2 Å². The molecule has 0 heterocycles. The first kappa shape index (κ1) is 20.5. The number of halogens is 4. The van der Waals surface area contributed by atoms with Crippen LogP contribution in [0.3, 0.4) is 0 Å². The predicted molar refractivity (Wildman–Crippen MR) is 84.0 cm³/mol. The van der Waals surface area contributed by atoms with Crippen LogP contribution in [0.2, 0.25) is 0 Å². The number of hydrogen-bond donors (Lipinski definition) is 2. The number of carbonyl (C=O) groups excluding carboxylic acids is 1. The molecule has 1 amide bonds. The van der Waals surface area contributed by atoms with Crippen LogP contribution in [0.5, 0.6) is 5.75 Å². The number of hydrogen-bond acceptors (Lipinski definition) is 4. The van der Waals surface area contributed by atoms with Gasteiger partial charge in [-0.2, -0.15) is 13.2 Å². The summed E-state index contributed by atoms with van der Waals surface area (Å²) in [5, 5.41) is 9.86. The Kier molecular flexibility index (Phi) is 6.49. The molecule has 1 atom stereocenters. The quantitative estimate of drug-likeness (QED) is 0.803. The first-order chi connectivity index (χ1) is 10.6. The minimum Gasteiger partial charge on any atom is -0.491 e. The average molecular weight is 369 g/mol. The van der Waals surface area contributed by atoms with E-state index in [1.54, 1.807) is 0 Å². The van der Waals surface area contributed by atoms with E-state index in [2.05, 4.69) is 0 Å². The number of nitrogens with two attached hydrogens (primary N) is 1. The minimum atomic E-state index is -4.40. The Balaban J connectivity index is 0.00000288. The molecule has 1 fully saturated rings. The highest BCUT2D eigenvalue weighted by molar-refractivity contribution is 5.88. The van der Waals surface area contributed by atoms with E-state index in [0.29, 0.717) is 12.8 Å². The Hall–Kier alpha value is -1.51. The largest absolute Gasteiger partial charge is 0.491 e. The van der Waals surface area contributed by atoms with Crippen LogP contribution in [0.15, 0.2) is 24.3 Å². The van der Waals surface area contributed by atoms with E-state index in [1.807, 2.05) is 0 Å². The molecule has 5 nitrogen and oxygen atoms in total. The SMILES string of the molecule is CN(CC(O)COc1ccc(C(F)(F)F)cc1)C(=O)C1(N)CC1.Cl. The Bertz CT molecular complexity index is 562. The highest BCUT2D eigenvalue weighted by Crippen LogP contribution is 2.33. The van der Waals surface area contributed by atoms with Crippen molar-refractivity contribution in [2.75, 3.05) is 20.2 Å². The zero-order valence-corrected chi connectivity index (χ0v) is 13.9. The maximum atomic E-state index is 12.4. The van der Waals surface area contributed by atoms with Gasteiger partial charge in [0, 0.05) is 13.6 Å². The summed E-state index contributed by atoms with van der Waals surface area (Å²) < 4.78 is 42.5. The van der Waals surface area contributed by atoms with Gasteiger partial charge in [0.1, 0.15) is 18.5 Å². The molecule has 0 saturated heterocycles. The van der Waals surface area contributed by atoms with Gasteiger partial charge in [-0.3, -0.25) is 4.79 Å². The van der Waals surface area contributed by atoms with E-state index in [4.69, 9.17) is 10.5 Å². The van der Waals surface area contributed by atoms with E-state index >= 15 is 0 Å². The van der Waals surface area contributed by atoms with E-state index in [-0.39, 0.29) is 37.2 Å². The number of amides is 1. The molecule has 1 saturated carbocycles. The molecule has 0 radical (unpaired) electrons. The molecule has 1 aromatic carbocycles. The van der Waals surface area contributed by atoms with Crippen LogP contribution in [0.25, 0.3) is 0 Å². The van der Waals surface area contributed by atoms with Gasteiger partial charge in [-0.05, 0) is 37.1 Å². The van der Waals surface area contributed by atoms with Crippen molar-refractivity contribution in [3.05, 3.63) is 29.8 Å². The van der Waals surface area contributed by atoms with Gasteiger partial charge >= 0.3 is 6.18 Å². The summed E-state index contributed by atoms with van der Waals surface area (Å²) in [4.78, 5) is 13.3. The van der Waals surface area contributed by atoms with Crippen molar-refractivity contribution in [1.29, 1.82) is 0 Å². The number of aliphatic hydroxyl groups excluding tert-OH is 1. The van der Waals surface area contributed by atoms with Gasteiger partial charge < -0.3 is 20.5 Å². The second-order valence-corrected chi connectivity index (χ2v) is 5.83. The Morgan fingerprint density at radius 3 is 2.38 bits per heavy atom. The Morgan fingerprint density at radius 1 is 1.38 bits per heavy atom. The lowest BCUT2D eigenvalue weighted by atomic mass is 10.2. The number of alkyl halides is 3. The molecule has 1 aliphatic rings. The van der Waals surface area contributed by atoms with Crippen molar-refractivity contribution in [3.63, 3.8) is 0 Å². The Labute approximate surface area is 144 Å². The molecule has 24 heavy (non-hydrogen) atoms. The third kappa shape index (κ3) is 5.25. The number of rotatable bonds is 6. The highest BCUT2D eigenvalue weighted by Gasteiger charge is 2.47. The number of likely N-dealkylation sites (N-methyl/N-ethyl adjacent to an activating group) is 1. The highest BCUT2D eigenvalue weighted by atomic mass is 35.5. The second-order valence-electron chi connectivity index (χ2n) is 5.83. The standard InChI is InChI=1S/C15H19F3N2O3.ClH/c1-20(13(22)14(19)6-7-14)8-11(21)9-23-12-4-2-10(3-5-12)15(16,17)18;/h2-5,11,21H,6-9,19H2,1H3;1H. The van der Waals surface area contributed by atoms with Gasteiger partial charge in [-0.1, -0.05) is 0 Å². The average Bonchev–Trinajstić information content (AvgIpc) is 3.23. The summed E-state index contributed by atoms with van der Waals surface area (Å²) in [6, 6.07) is 4.18. The van der Waals surface area contributed by atoms with Crippen molar-refractivity contribution in [3.8, 4) is 5.75 Å². The van der Waals surface area contributed by atoms with E-state index in [0.717, 1.165) is 12.1 Å². The third-order valence-electron chi connectivity index (χ3n) is 3.67. The number of carbonyl (C=O) groups is 1. The maximum absolute atomic E-state index is 12.4. The zero-order chi connectivity index (χ0) is 17.3. The lowest BCUT2D eigenvalue weighted by Crippen LogP contribution is -2.47. The van der Waals surface area contributed by atoms with Gasteiger partial charge in [-0.25, -0.2) is 0 Å². The molecule has 1 aliphatic carbocycles. The molecular formula is C15H20ClF3N2O3. The molecule has 0 aliphatic heterocycles. The molecule has 0 bridgehead atoms. The first-order valence-corrected chi connectivity index (χ1v) is 7.14. The van der Waals surface area contributed by atoms with Crippen molar-refractivity contribution >= 4 is 18.3 Å². The van der Waals surface area contributed by atoms with Crippen molar-refractivity contribution in [1.82, 2.24) is 4.90 Å². The van der Waals surface area contributed by atoms with Crippen LogP contribution in [-0.2, 0) is 11.0 Å². The lowest BCUT2D eigenvalue weighted by Gasteiger charge is -2.23. The molecule has 1 aromatic rings. The number of nitrogens with zero attached hydrogens (tertiary/aromatic N) is 1. The van der Waals surface area contributed by atoms with Gasteiger partial charge in [0.15, 0.2) is 0 Å². The fraction of sp³-hybridized carbons (Fsp3) is 0.533. The summed E-state index contributed by atoms with van der Waals surface area (Å²) >= 11 is 0. The topological polar surface area (TPSA) is 75.8 Å². The normalized spacial score (nSPS) is 16.8. The smallest absolute Gasteiger partial charge is 0.416 e. The number of aliphatic hydroxyl groups is 1. The summed E-state index contributed by atoms with van der Waals surface area (Å²) in [6.45, 7) is -0.0982. The van der Waals surface area contributed by atoms with Gasteiger partial charge in [0.05, 0.1) is 11.1 Å². The molecule has 0 aromatic heterocycles. The minimum absolute atomic E-state index is 0. The monoisotopic (exact) mass is 368 g/mol. The molecule has 0 spiro atoms. The number of benzene rings is 1. The summed E-state index contributed by atoms with van der Waals surface area (Å²) in [6.07, 6.45) is -4.10. The van der Waals surface area contributed by atoms with Crippen LogP contribution in [-0.4, -0.2) is 47.8 Å². The van der Waals surface area contributed by atoms with E-state index in [9.17, 15) is 23.1 Å². The molecule has 2 rings (SSSR count). The van der Waals surface area contributed by atoms with E-state index in [1.165, 1.54) is 24.1 Å². The van der Waals surface area contributed by atoms with Gasteiger partial charge in [0.2, 0.25) is 5.91 Å². The van der Waals surface area contributed by atoms with Crippen molar-refractivity contribution < 1.29 is 27.8 Å². The zero-order valence-electron chi connectivity index (χ0n) is 13.0. The summed E-state index contributed by atoms with van der Waals surface area (Å²) in [7, 11) is 1.54. The van der Waals surface area contributed by atoms with Gasteiger partial charge in [-0.15, -0.1) is 12.4 Å². The van der Waals surface area contributed by atoms with E-state index < -0.39 is 23.4 Å². The molecule has 136 valence electrons. The fourth-order valence-corrected chi connectivity index (χ4v) is 2.11. The molecule has 1 unspecified atom stereocenters. The van der Waals surface area contributed by atoms with Crippen LogP contribution in [0.1, 0.15) is 18.4 Å². The van der Waals surface area contributed by atoms with Gasteiger partial charge in [0.25, 0.3) is 0 Å². The van der Waals surface area contributed by atoms with Crippen LogP contribution >= 0.6 is 12.4 Å². The lowest BCUT2D eigenvalue weighted by molar-refractivity contribution is -0.137. The first-order valence-electron chi connectivity index (χ1n) is 7.14. The Morgan fingerprint density at radius 2 is 1.92 bits per heavy atom. The maximum Gasteiger partial charge on any atom is 0.416 e. The van der Waals surface area contributed by atoms with Crippen molar-refractivity contribution in [2.45, 2.75) is 30.7 Å². The third-order valence-corrected chi connectivity index (χ3v) is 3.67. The molecule has 3 N–H and O–H groups in total. The second kappa shape index (κ2) is 7.58.